The first-order chi connectivity index (χ1) is 12.6. The van der Waals surface area contributed by atoms with Crippen molar-refractivity contribution in [3.05, 3.63) is 29.8 Å². The molecule has 1 heterocycles. The summed E-state index contributed by atoms with van der Waals surface area (Å²) in [5.74, 6) is -0.0855. The Morgan fingerprint density at radius 3 is 2.19 bits per heavy atom. The molecule has 1 aromatic rings. The second-order valence-electron chi connectivity index (χ2n) is 6.99. The summed E-state index contributed by atoms with van der Waals surface area (Å²) in [6, 6.07) is 7.51. The van der Waals surface area contributed by atoms with Gasteiger partial charge in [0.1, 0.15) is 0 Å². The van der Waals surface area contributed by atoms with Crippen LogP contribution in [-0.2, 0) is 26.0 Å². The lowest BCUT2D eigenvalue weighted by Gasteiger charge is -2.33. The van der Waals surface area contributed by atoms with E-state index in [0.717, 1.165) is 11.3 Å². The monoisotopic (exact) mass is 396 g/mol. The molecule has 1 saturated heterocycles. The number of hydrogen-bond donors (Lipinski definition) is 2. The van der Waals surface area contributed by atoms with E-state index in [1.54, 1.807) is 4.90 Å². The fraction of sp³-hybridized carbons (Fsp3) is 0.556. The van der Waals surface area contributed by atoms with E-state index in [2.05, 4.69) is 10.6 Å². The highest BCUT2D eigenvalue weighted by Gasteiger charge is 2.25. The fourth-order valence-electron chi connectivity index (χ4n) is 2.86. The van der Waals surface area contributed by atoms with Crippen LogP contribution in [0.15, 0.2) is 24.3 Å². The van der Waals surface area contributed by atoms with E-state index in [0.29, 0.717) is 32.6 Å². The number of piperazine rings is 1. The maximum atomic E-state index is 12.3. The zero-order valence-electron chi connectivity index (χ0n) is 16.1. The van der Waals surface area contributed by atoms with Crippen molar-refractivity contribution in [2.45, 2.75) is 26.3 Å². The third-order valence-corrected chi connectivity index (χ3v) is 5.58. The lowest BCUT2D eigenvalue weighted by molar-refractivity contribution is -0.130. The first-order valence-corrected chi connectivity index (χ1v) is 10.8. The number of hydrogen-bond acceptors (Lipinski definition) is 5. The Balaban J connectivity index is 1.78. The van der Waals surface area contributed by atoms with Gasteiger partial charge in [0, 0.05) is 37.9 Å². The van der Waals surface area contributed by atoms with Gasteiger partial charge in [-0.1, -0.05) is 12.1 Å². The normalized spacial score (nSPS) is 15.6. The smallest absolute Gasteiger partial charge is 0.241 e. The predicted octanol–water partition coefficient (Wildman–Crippen LogP) is 0.269. The van der Waals surface area contributed by atoms with Gasteiger partial charge in [0.05, 0.1) is 19.2 Å². The summed E-state index contributed by atoms with van der Waals surface area (Å²) >= 11 is 0. The highest BCUT2D eigenvalue weighted by atomic mass is 32.2. The fourth-order valence-corrected chi connectivity index (χ4v) is 3.68. The van der Waals surface area contributed by atoms with Crippen molar-refractivity contribution in [2.75, 3.05) is 44.3 Å². The Labute approximate surface area is 161 Å². The summed E-state index contributed by atoms with van der Waals surface area (Å²) in [6.07, 6.45) is 1.50. The SMILES string of the molecule is CC(C)NC(=O)Cc1ccc(NCC(=O)N2CCN(S(C)(=O)=O)CC2)cc1. The van der Waals surface area contributed by atoms with Crippen LogP contribution in [0.25, 0.3) is 0 Å². The van der Waals surface area contributed by atoms with E-state index in [1.807, 2.05) is 38.1 Å². The van der Waals surface area contributed by atoms with Gasteiger partial charge in [-0.2, -0.15) is 4.31 Å². The Hall–Kier alpha value is -2.13. The van der Waals surface area contributed by atoms with E-state index in [4.69, 9.17) is 0 Å². The Kier molecular flexibility index (Phi) is 7.20. The molecular weight excluding hydrogens is 368 g/mol. The molecule has 0 atom stereocenters. The second kappa shape index (κ2) is 9.18. The highest BCUT2D eigenvalue weighted by Crippen LogP contribution is 2.11. The summed E-state index contributed by atoms with van der Waals surface area (Å²) in [7, 11) is -3.20. The summed E-state index contributed by atoms with van der Waals surface area (Å²) < 4.78 is 24.4. The molecule has 0 spiro atoms. The van der Waals surface area contributed by atoms with Crippen molar-refractivity contribution in [1.29, 1.82) is 0 Å². The molecule has 9 heteroatoms. The number of amides is 2. The lowest BCUT2D eigenvalue weighted by Crippen LogP contribution is -2.51. The minimum absolute atomic E-state index is 0.0193. The van der Waals surface area contributed by atoms with Gasteiger partial charge in [-0.3, -0.25) is 9.59 Å². The molecule has 0 saturated carbocycles. The van der Waals surface area contributed by atoms with E-state index in [9.17, 15) is 18.0 Å². The average Bonchev–Trinajstić information content (AvgIpc) is 2.59. The van der Waals surface area contributed by atoms with Gasteiger partial charge in [0.25, 0.3) is 0 Å². The Bertz CT molecular complexity index is 754. The number of sulfonamides is 1. The van der Waals surface area contributed by atoms with Gasteiger partial charge in [-0.25, -0.2) is 8.42 Å². The lowest BCUT2D eigenvalue weighted by atomic mass is 10.1. The molecule has 2 amide bonds. The average molecular weight is 397 g/mol. The van der Waals surface area contributed by atoms with Gasteiger partial charge in [-0.15, -0.1) is 0 Å². The van der Waals surface area contributed by atoms with Crippen molar-refractivity contribution in [3.63, 3.8) is 0 Å². The molecule has 1 aliphatic heterocycles. The van der Waals surface area contributed by atoms with Crippen LogP contribution in [0.5, 0.6) is 0 Å². The second-order valence-corrected chi connectivity index (χ2v) is 8.97. The molecule has 150 valence electrons. The van der Waals surface area contributed by atoms with Gasteiger partial charge < -0.3 is 15.5 Å². The van der Waals surface area contributed by atoms with E-state index in [1.165, 1.54) is 10.6 Å². The summed E-state index contributed by atoms with van der Waals surface area (Å²) in [5, 5.41) is 5.92. The van der Waals surface area contributed by atoms with Crippen LogP contribution in [-0.4, -0.2) is 74.5 Å². The molecule has 8 nitrogen and oxygen atoms in total. The number of nitrogens with one attached hydrogen (secondary N) is 2. The van der Waals surface area contributed by atoms with Crippen molar-refractivity contribution in [2.24, 2.45) is 0 Å². The topological polar surface area (TPSA) is 98.8 Å². The molecule has 27 heavy (non-hydrogen) atoms. The van der Waals surface area contributed by atoms with Crippen molar-refractivity contribution < 1.29 is 18.0 Å². The molecule has 1 fully saturated rings. The molecule has 2 rings (SSSR count). The van der Waals surface area contributed by atoms with Gasteiger partial charge in [0.15, 0.2) is 0 Å². The maximum Gasteiger partial charge on any atom is 0.241 e. The van der Waals surface area contributed by atoms with Crippen LogP contribution in [0.4, 0.5) is 5.69 Å². The largest absolute Gasteiger partial charge is 0.376 e. The quantitative estimate of drug-likeness (QED) is 0.689. The van der Waals surface area contributed by atoms with Crippen LogP contribution in [0.2, 0.25) is 0 Å². The van der Waals surface area contributed by atoms with Gasteiger partial charge >= 0.3 is 0 Å². The van der Waals surface area contributed by atoms with Gasteiger partial charge in [0.2, 0.25) is 21.8 Å². The van der Waals surface area contributed by atoms with Crippen molar-refractivity contribution in [3.8, 4) is 0 Å². The third-order valence-electron chi connectivity index (χ3n) is 4.27. The van der Waals surface area contributed by atoms with Crippen LogP contribution >= 0.6 is 0 Å². The first kappa shape index (κ1) is 21.2. The Morgan fingerprint density at radius 1 is 1.07 bits per heavy atom. The minimum atomic E-state index is -3.20. The Morgan fingerprint density at radius 2 is 1.67 bits per heavy atom. The molecule has 0 radical (unpaired) electrons. The molecule has 2 N–H and O–H groups in total. The van der Waals surface area contributed by atoms with E-state index < -0.39 is 10.0 Å². The predicted molar refractivity (Wildman–Crippen MR) is 105 cm³/mol. The molecule has 1 aromatic carbocycles. The summed E-state index contributed by atoms with van der Waals surface area (Å²) in [6.45, 7) is 5.45. The van der Waals surface area contributed by atoms with Gasteiger partial charge in [-0.05, 0) is 31.5 Å². The summed E-state index contributed by atoms with van der Waals surface area (Å²) in [5.41, 5.74) is 1.70. The molecule has 0 unspecified atom stereocenters. The molecule has 0 aliphatic carbocycles. The number of carbonyl (C=O) groups excluding carboxylic acids is 2. The zero-order chi connectivity index (χ0) is 20.0. The highest BCUT2D eigenvalue weighted by molar-refractivity contribution is 7.88. The van der Waals surface area contributed by atoms with Crippen molar-refractivity contribution in [1.82, 2.24) is 14.5 Å². The summed E-state index contributed by atoms with van der Waals surface area (Å²) in [4.78, 5) is 25.7. The standard InChI is InChI=1S/C18H28N4O4S/c1-14(2)20-17(23)12-15-4-6-16(7-5-15)19-13-18(24)21-8-10-22(11-9-21)27(3,25)26/h4-7,14,19H,8-13H2,1-3H3,(H,20,23). The molecule has 0 bridgehead atoms. The van der Waals surface area contributed by atoms with Crippen LogP contribution in [0, 0.1) is 0 Å². The first-order valence-electron chi connectivity index (χ1n) is 9.00. The third kappa shape index (κ3) is 6.84. The van der Waals surface area contributed by atoms with Crippen LogP contribution in [0.1, 0.15) is 19.4 Å². The van der Waals surface area contributed by atoms with Crippen LogP contribution in [0.3, 0.4) is 0 Å². The van der Waals surface area contributed by atoms with Crippen LogP contribution < -0.4 is 10.6 Å². The van der Waals surface area contributed by atoms with E-state index >= 15 is 0 Å². The van der Waals surface area contributed by atoms with E-state index in [-0.39, 0.29) is 24.4 Å². The number of rotatable bonds is 7. The van der Waals surface area contributed by atoms with Crippen molar-refractivity contribution >= 4 is 27.5 Å². The molecule has 0 aromatic heterocycles. The number of carbonyl (C=O) groups is 2. The number of anilines is 1. The molecule has 1 aliphatic rings. The molecular formula is C18H28N4O4S. The zero-order valence-corrected chi connectivity index (χ0v) is 16.9. The minimum Gasteiger partial charge on any atom is -0.376 e. The number of nitrogens with zero attached hydrogens (tertiary/aromatic N) is 2. The maximum absolute atomic E-state index is 12.3. The number of benzene rings is 1.